The number of nitrogens with one attached hydrogen (secondary N) is 1. The lowest BCUT2D eigenvalue weighted by Crippen LogP contribution is -2.09. The zero-order valence-electron chi connectivity index (χ0n) is 14.6. The number of alkyl halides is 3. The number of aryl methyl sites for hydroxylation is 2. The molecule has 1 atom stereocenters. The van der Waals surface area contributed by atoms with E-state index in [9.17, 15) is 23.1 Å². The summed E-state index contributed by atoms with van der Waals surface area (Å²) >= 11 is 0.961. The number of fused-ring (bicyclic) bond motifs is 1. The number of nitrogens with zero attached hydrogens (tertiary/aromatic N) is 1. The summed E-state index contributed by atoms with van der Waals surface area (Å²) in [6.07, 6.45) is -1.89. The Morgan fingerprint density at radius 3 is 2.79 bits per heavy atom. The average molecular weight is 408 g/mol. The van der Waals surface area contributed by atoms with Crippen LogP contribution in [0.3, 0.4) is 0 Å². The van der Waals surface area contributed by atoms with Gasteiger partial charge in [0.05, 0.1) is 4.88 Å². The maximum Gasteiger partial charge on any atom is 0.421 e. The number of benzene rings is 1. The minimum atomic E-state index is -4.57. The first-order valence-electron chi connectivity index (χ1n) is 8.49. The number of aromatic nitrogens is 2. The first kappa shape index (κ1) is 18.5. The summed E-state index contributed by atoms with van der Waals surface area (Å²) in [6, 6.07) is 6.02. The quantitative estimate of drug-likeness (QED) is 0.657. The fraction of sp³-hybridized carbons (Fsp3) is 0.263. The van der Waals surface area contributed by atoms with Crippen LogP contribution in [-0.4, -0.2) is 15.1 Å². The van der Waals surface area contributed by atoms with E-state index in [1.807, 2.05) is 0 Å². The van der Waals surface area contributed by atoms with E-state index in [0.29, 0.717) is 23.3 Å². The van der Waals surface area contributed by atoms with E-state index in [1.165, 1.54) is 13.1 Å². The van der Waals surface area contributed by atoms with Gasteiger partial charge in [-0.25, -0.2) is 4.98 Å². The summed E-state index contributed by atoms with van der Waals surface area (Å²) < 4.78 is 45.2. The second kappa shape index (κ2) is 6.66. The summed E-state index contributed by atoms with van der Waals surface area (Å²) in [7, 11) is 0. The van der Waals surface area contributed by atoms with Gasteiger partial charge in [0.25, 0.3) is 0 Å². The third-order valence-corrected chi connectivity index (χ3v) is 5.66. The molecule has 2 aromatic heterocycles. The molecule has 3 aromatic rings. The average Bonchev–Trinajstić information content (AvgIpc) is 3.17. The standard InChI is InChI=1S/C19H15F3N2O3S/c1-9-6-14(19(20,21)22)17(23-8-9)27-11-3-5-12-10(7-11)2-4-13(12)15-16(25)24-18(26)28-15/h3,5-8,13,25H,2,4H2,1H3,(H,24,26)/t13-/m1/s1. The van der Waals surface area contributed by atoms with Crippen molar-refractivity contribution in [2.24, 2.45) is 0 Å². The zero-order valence-corrected chi connectivity index (χ0v) is 15.4. The Hall–Kier alpha value is -2.81. The van der Waals surface area contributed by atoms with E-state index in [2.05, 4.69) is 9.97 Å². The van der Waals surface area contributed by atoms with Gasteiger partial charge in [0.2, 0.25) is 11.8 Å². The predicted octanol–water partition coefficient (Wildman–Crippen LogP) is 4.73. The summed E-state index contributed by atoms with van der Waals surface area (Å²) in [5.74, 6) is -0.495. The van der Waals surface area contributed by atoms with Gasteiger partial charge in [-0.05, 0) is 54.7 Å². The Balaban J connectivity index is 1.65. The molecular weight excluding hydrogens is 393 g/mol. The summed E-state index contributed by atoms with van der Waals surface area (Å²) in [6.45, 7) is 1.53. The molecule has 28 heavy (non-hydrogen) atoms. The molecule has 1 aromatic carbocycles. The lowest BCUT2D eigenvalue weighted by Gasteiger charge is -2.14. The number of rotatable bonds is 3. The molecule has 5 nitrogen and oxygen atoms in total. The van der Waals surface area contributed by atoms with Crippen LogP contribution in [0.5, 0.6) is 17.5 Å². The number of thiazole rings is 1. The molecule has 9 heteroatoms. The van der Waals surface area contributed by atoms with Gasteiger partial charge in [-0.15, -0.1) is 0 Å². The van der Waals surface area contributed by atoms with Crippen LogP contribution >= 0.6 is 11.3 Å². The molecule has 0 fully saturated rings. The Labute approximate surface area is 161 Å². The molecule has 0 saturated carbocycles. The number of H-pyrrole nitrogens is 1. The fourth-order valence-corrected chi connectivity index (χ4v) is 4.33. The van der Waals surface area contributed by atoms with E-state index >= 15 is 0 Å². The highest BCUT2D eigenvalue weighted by Gasteiger charge is 2.36. The van der Waals surface area contributed by atoms with Gasteiger partial charge in [-0.2, -0.15) is 13.2 Å². The molecular formula is C19H15F3N2O3S. The van der Waals surface area contributed by atoms with E-state index < -0.39 is 17.6 Å². The second-order valence-electron chi connectivity index (χ2n) is 6.64. The van der Waals surface area contributed by atoms with Crippen LogP contribution in [-0.2, 0) is 12.6 Å². The topological polar surface area (TPSA) is 75.2 Å². The van der Waals surface area contributed by atoms with E-state index in [0.717, 1.165) is 28.5 Å². The molecule has 1 aliphatic rings. The third-order valence-electron chi connectivity index (χ3n) is 4.67. The lowest BCUT2D eigenvalue weighted by atomic mass is 10.00. The van der Waals surface area contributed by atoms with Crippen LogP contribution in [0.15, 0.2) is 35.3 Å². The van der Waals surface area contributed by atoms with Crippen molar-refractivity contribution in [1.29, 1.82) is 0 Å². The Bertz CT molecular complexity index is 1100. The summed E-state index contributed by atoms with van der Waals surface area (Å²) in [5.41, 5.74) is 1.30. The Kier molecular flexibility index (Phi) is 4.41. The molecule has 0 saturated heterocycles. The first-order valence-corrected chi connectivity index (χ1v) is 9.30. The highest BCUT2D eigenvalue weighted by Crippen LogP contribution is 2.44. The molecule has 0 bridgehead atoms. The van der Waals surface area contributed by atoms with Crippen LogP contribution in [0.25, 0.3) is 0 Å². The zero-order chi connectivity index (χ0) is 20.1. The van der Waals surface area contributed by atoms with Gasteiger partial charge >= 0.3 is 11.0 Å². The number of halogens is 3. The van der Waals surface area contributed by atoms with Crippen molar-refractivity contribution in [2.75, 3.05) is 0 Å². The highest BCUT2D eigenvalue weighted by atomic mass is 32.1. The Morgan fingerprint density at radius 1 is 1.32 bits per heavy atom. The smallest absolute Gasteiger partial charge is 0.421 e. The summed E-state index contributed by atoms with van der Waals surface area (Å²) in [4.78, 5) is 17.9. The predicted molar refractivity (Wildman–Crippen MR) is 97.3 cm³/mol. The van der Waals surface area contributed by atoms with Crippen molar-refractivity contribution in [3.8, 4) is 17.5 Å². The first-order chi connectivity index (χ1) is 13.2. The third kappa shape index (κ3) is 3.37. The number of aromatic amines is 1. The molecule has 2 heterocycles. The largest absolute Gasteiger partial charge is 0.494 e. The van der Waals surface area contributed by atoms with Crippen molar-refractivity contribution in [3.05, 3.63) is 67.3 Å². The minimum Gasteiger partial charge on any atom is -0.494 e. The van der Waals surface area contributed by atoms with Gasteiger partial charge < -0.3 is 9.84 Å². The number of hydrogen-bond acceptors (Lipinski definition) is 5. The van der Waals surface area contributed by atoms with Crippen molar-refractivity contribution in [2.45, 2.75) is 31.9 Å². The van der Waals surface area contributed by atoms with E-state index in [1.54, 1.807) is 18.2 Å². The van der Waals surface area contributed by atoms with E-state index in [4.69, 9.17) is 4.74 Å². The molecule has 2 N–H and O–H groups in total. The molecule has 4 rings (SSSR count). The van der Waals surface area contributed by atoms with Gasteiger partial charge in [0.1, 0.15) is 11.3 Å². The van der Waals surface area contributed by atoms with Gasteiger partial charge in [-0.1, -0.05) is 17.4 Å². The summed E-state index contributed by atoms with van der Waals surface area (Å²) in [5, 5.41) is 9.91. The highest BCUT2D eigenvalue weighted by molar-refractivity contribution is 7.09. The van der Waals surface area contributed by atoms with Crippen LogP contribution in [0.1, 0.15) is 39.5 Å². The van der Waals surface area contributed by atoms with Crippen molar-refractivity contribution in [3.63, 3.8) is 0 Å². The second-order valence-corrected chi connectivity index (χ2v) is 7.66. The van der Waals surface area contributed by atoms with Crippen molar-refractivity contribution >= 4 is 11.3 Å². The lowest BCUT2D eigenvalue weighted by molar-refractivity contribution is -0.138. The SMILES string of the molecule is Cc1cnc(Oc2ccc3c(c2)CC[C@H]3c2sc(=O)[nH]c2O)c(C(F)(F)F)c1. The van der Waals surface area contributed by atoms with Crippen LogP contribution < -0.4 is 9.61 Å². The molecule has 0 unspecified atom stereocenters. The molecule has 0 aliphatic heterocycles. The number of hydrogen-bond donors (Lipinski definition) is 2. The number of ether oxygens (including phenoxy) is 1. The molecule has 1 aliphatic carbocycles. The van der Waals surface area contributed by atoms with E-state index in [-0.39, 0.29) is 22.4 Å². The number of aromatic hydroxyl groups is 1. The maximum atomic E-state index is 13.3. The molecule has 0 amide bonds. The van der Waals surface area contributed by atoms with Gasteiger partial charge in [0.15, 0.2) is 0 Å². The molecule has 0 radical (unpaired) electrons. The minimum absolute atomic E-state index is 0.128. The van der Waals surface area contributed by atoms with Crippen LogP contribution in [0.2, 0.25) is 0 Å². The van der Waals surface area contributed by atoms with Crippen molar-refractivity contribution in [1.82, 2.24) is 9.97 Å². The van der Waals surface area contributed by atoms with Gasteiger partial charge in [-0.3, -0.25) is 9.78 Å². The monoisotopic (exact) mass is 408 g/mol. The van der Waals surface area contributed by atoms with Crippen LogP contribution in [0.4, 0.5) is 13.2 Å². The molecule has 146 valence electrons. The van der Waals surface area contributed by atoms with Crippen molar-refractivity contribution < 1.29 is 23.0 Å². The number of pyridine rings is 1. The molecule has 0 spiro atoms. The van der Waals surface area contributed by atoms with Gasteiger partial charge in [0, 0.05) is 12.1 Å². The maximum absolute atomic E-state index is 13.3. The van der Waals surface area contributed by atoms with Crippen LogP contribution in [0, 0.1) is 6.92 Å². The fourth-order valence-electron chi connectivity index (χ4n) is 3.45. The Morgan fingerprint density at radius 2 is 2.11 bits per heavy atom. The normalized spacial score (nSPS) is 16.2.